The van der Waals surface area contributed by atoms with E-state index in [1.54, 1.807) is 0 Å². The van der Waals surface area contributed by atoms with E-state index in [2.05, 4.69) is 54.2 Å². The van der Waals surface area contributed by atoms with Gasteiger partial charge in [0.05, 0.1) is 5.69 Å². The Labute approximate surface area is 169 Å². The van der Waals surface area contributed by atoms with Gasteiger partial charge < -0.3 is 9.80 Å². The second kappa shape index (κ2) is 9.37. The zero-order valence-electron chi connectivity index (χ0n) is 17.8. The van der Waals surface area contributed by atoms with Gasteiger partial charge in [-0.1, -0.05) is 44.2 Å². The number of hydrogen-bond donors (Lipinski definition) is 0. The monoisotopic (exact) mass is 382 g/mol. The lowest BCUT2D eigenvalue weighted by Gasteiger charge is -2.37. The van der Waals surface area contributed by atoms with Crippen LogP contribution in [0.1, 0.15) is 61.3 Å². The minimum absolute atomic E-state index is 0.0937. The number of aromatic nitrogens is 2. The fraction of sp³-hybridized carbons (Fsp3) is 0.565. The van der Waals surface area contributed by atoms with Crippen LogP contribution < -0.4 is 0 Å². The van der Waals surface area contributed by atoms with Crippen molar-refractivity contribution in [3.63, 3.8) is 0 Å². The van der Waals surface area contributed by atoms with E-state index in [1.165, 1.54) is 5.56 Å². The topological polar surface area (TPSA) is 41.4 Å². The lowest BCUT2D eigenvalue weighted by molar-refractivity contribution is 0.0607. The van der Waals surface area contributed by atoms with E-state index >= 15 is 0 Å². The van der Waals surface area contributed by atoms with E-state index in [0.717, 1.165) is 56.8 Å². The molecule has 0 bridgehead atoms. The minimum atomic E-state index is 0.0937. The molecule has 5 nitrogen and oxygen atoms in total. The molecular weight excluding hydrogens is 348 g/mol. The molecule has 2 heterocycles. The van der Waals surface area contributed by atoms with Crippen molar-refractivity contribution >= 4 is 5.91 Å². The summed E-state index contributed by atoms with van der Waals surface area (Å²) in [5.74, 6) is 0.420. The summed E-state index contributed by atoms with van der Waals surface area (Å²) in [6.45, 7) is 10.1. The Morgan fingerprint density at radius 2 is 2.04 bits per heavy atom. The quantitative estimate of drug-likeness (QED) is 0.731. The summed E-state index contributed by atoms with van der Waals surface area (Å²) < 4.78 is 1.85. The first-order valence-electron chi connectivity index (χ1n) is 10.6. The Bertz CT molecular complexity index is 768. The lowest BCUT2D eigenvalue weighted by Crippen LogP contribution is -2.49. The number of carbonyl (C=O) groups excluding carboxylic acids is 1. The number of rotatable bonds is 7. The van der Waals surface area contributed by atoms with Crippen LogP contribution in [0.3, 0.4) is 0 Å². The van der Waals surface area contributed by atoms with Crippen LogP contribution in [0.15, 0.2) is 36.4 Å². The average Bonchev–Trinajstić information content (AvgIpc) is 3.17. The zero-order valence-corrected chi connectivity index (χ0v) is 17.8. The van der Waals surface area contributed by atoms with E-state index in [1.807, 2.05) is 29.6 Å². The van der Waals surface area contributed by atoms with Crippen molar-refractivity contribution < 1.29 is 4.79 Å². The fourth-order valence-electron chi connectivity index (χ4n) is 3.96. The van der Waals surface area contributed by atoms with Gasteiger partial charge in [-0.3, -0.25) is 9.48 Å². The molecule has 2 aromatic rings. The average molecular weight is 383 g/mol. The lowest BCUT2D eigenvalue weighted by atomic mass is 10.0. The molecule has 1 fully saturated rings. The van der Waals surface area contributed by atoms with Gasteiger partial charge in [0.15, 0.2) is 0 Å². The highest BCUT2D eigenvalue weighted by Gasteiger charge is 2.28. The van der Waals surface area contributed by atoms with Crippen LogP contribution >= 0.6 is 0 Å². The van der Waals surface area contributed by atoms with E-state index in [0.29, 0.717) is 5.92 Å². The van der Waals surface area contributed by atoms with Crippen molar-refractivity contribution in [1.29, 1.82) is 0 Å². The Kier molecular flexibility index (Phi) is 6.89. The first-order valence-corrected chi connectivity index (χ1v) is 10.6. The number of carbonyl (C=O) groups is 1. The number of benzene rings is 1. The maximum absolute atomic E-state index is 13.2. The van der Waals surface area contributed by atoms with Crippen LogP contribution in [-0.4, -0.2) is 58.2 Å². The first kappa shape index (κ1) is 20.6. The van der Waals surface area contributed by atoms with Crippen LogP contribution in [0.2, 0.25) is 0 Å². The molecule has 0 saturated carbocycles. The van der Waals surface area contributed by atoms with Gasteiger partial charge in [-0.25, -0.2) is 0 Å². The third-order valence-corrected chi connectivity index (χ3v) is 5.82. The number of amides is 1. The normalized spacial score (nSPS) is 17.8. The fourth-order valence-corrected chi connectivity index (χ4v) is 3.96. The third-order valence-electron chi connectivity index (χ3n) is 5.82. The van der Waals surface area contributed by atoms with E-state index in [9.17, 15) is 4.79 Å². The van der Waals surface area contributed by atoms with E-state index in [-0.39, 0.29) is 11.9 Å². The largest absolute Gasteiger partial charge is 0.336 e. The molecule has 3 rings (SSSR count). The predicted octanol–water partition coefficient (Wildman–Crippen LogP) is 3.81. The van der Waals surface area contributed by atoms with Crippen molar-refractivity contribution in [3.05, 3.63) is 53.3 Å². The Morgan fingerprint density at radius 3 is 2.71 bits per heavy atom. The number of likely N-dealkylation sites (N-methyl/N-ethyl adjacent to an activating group) is 1. The number of likely N-dealkylation sites (tertiary alicyclic amines) is 1. The molecule has 0 spiro atoms. The predicted molar refractivity (Wildman–Crippen MR) is 114 cm³/mol. The van der Waals surface area contributed by atoms with Crippen LogP contribution in [0.4, 0.5) is 0 Å². The second-order valence-electron chi connectivity index (χ2n) is 8.17. The summed E-state index contributed by atoms with van der Waals surface area (Å²) in [7, 11) is 1.95. The standard InChI is InChI=1S/C23H34N4O/c1-5-27-22(16-21(24-27)18(2)3)23(28)25(4)20-12-9-14-26(17-20)15-13-19-10-7-6-8-11-19/h6-8,10-11,16,18,20H,5,9,12-15,17H2,1-4H3. The number of nitrogens with zero attached hydrogens (tertiary/aromatic N) is 4. The number of hydrogen-bond acceptors (Lipinski definition) is 3. The van der Waals surface area contributed by atoms with Crippen molar-refractivity contribution in [2.75, 3.05) is 26.7 Å². The van der Waals surface area contributed by atoms with Gasteiger partial charge in [-0.05, 0) is 50.3 Å². The third kappa shape index (κ3) is 4.82. The highest BCUT2D eigenvalue weighted by atomic mass is 16.2. The molecule has 1 saturated heterocycles. The summed E-state index contributed by atoms with van der Waals surface area (Å²) in [6, 6.07) is 12.9. The minimum Gasteiger partial charge on any atom is -0.336 e. The molecule has 1 aromatic carbocycles. The molecule has 1 aliphatic rings. The number of piperidine rings is 1. The van der Waals surface area contributed by atoms with Crippen molar-refractivity contribution in [2.24, 2.45) is 0 Å². The number of aryl methyl sites for hydroxylation is 1. The van der Waals surface area contributed by atoms with Crippen LogP contribution in [0, 0.1) is 0 Å². The summed E-state index contributed by atoms with van der Waals surface area (Å²) in [6.07, 6.45) is 3.27. The molecule has 1 aliphatic heterocycles. The molecule has 28 heavy (non-hydrogen) atoms. The van der Waals surface area contributed by atoms with Gasteiger partial charge in [-0.15, -0.1) is 0 Å². The Hall–Kier alpha value is -2.14. The molecule has 5 heteroatoms. The molecular formula is C23H34N4O. The Morgan fingerprint density at radius 1 is 1.29 bits per heavy atom. The maximum Gasteiger partial charge on any atom is 0.272 e. The van der Waals surface area contributed by atoms with Crippen molar-refractivity contribution in [3.8, 4) is 0 Å². The van der Waals surface area contributed by atoms with Crippen molar-refractivity contribution in [2.45, 2.75) is 58.5 Å². The van der Waals surface area contributed by atoms with E-state index < -0.39 is 0 Å². The molecule has 0 aliphatic carbocycles. The summed E-state index contributed by atoms with van der Waals surface area (Å²) >= 11 is 0. The second-order valence-corrected chi connectivity index (χ2v) is 8.17. The smallest absolute Gasteiger partial charge is 0.272 e. The van der Waals surface area contributed by atoms with Gasteiger partial charge in [0, 0.05) is 32.7 Å². The van der Waals surface area contributed by atoms with Crippen LogP contribution in [-0.2, 0) is 13.0 Å². The molecule has 1 amide bonds. The van der Waals surface area contributed by atoms with E-state index in [4.69, 9.17) is 0 Å². The zero-order chi connectivity index (χ0) is 20.1. The van der Waals surface area contributed by atoms with Gasteiger partial charge >= 0.3 is 0 Å². The summed E-state index contributed by atoms with van der Waals surface area (Å²) in [5.41, 5.74) is 3.09. The van der Waals surface area contributed by atoms with Crippen molar-refractivity contribution in [1.82, 2.24) is 19.6 Å². The molecule has 1 unspecified atom stereocenters. The van der Waals surface area contributed by atoms with Crippen LogP contribution in [0.5, 0.6) is 0 Å². The highest BCUT2D eigenvalue weighted by Crippen LogP contribution is 2.20. The summed E-state index contributed by atoms with van der Waals surface area (Å²) in [4.78, 5) is 17.6. The molecule has 1 aromatic heterocycles. The first-order chi connectivity index (χ1) is 13.5. The van der Waals surface area contributed by atoms with Gasteiger partial charge in [0.2, 0.25) is 0 Å². The SMILES string of the molecule is CCn1nc(C(C)C)cc1C(=O)N(C)C1CCCN(CCc2ccccc2)C1. The van der Waals surface area contributed by atoms with Crippen LogP contribution in [0.25, 0.3) is 0 Å². The summed E-state index contributed by atoms with van der Waals surface area (Å²) in [5, 5.41) is 4.61. The van der Waals surface area contributed by atoms with Gasteiger partial charge in [0.1, 0.15) is 5.69 Å². The maximum atomic E-state index is 13.2. The van der Waals surface area contributed by atoms with Gasteiger partial charge in [0.25, 0.3) is 5.91 Å². The molecule has 152 valence electrons. The molecule has 0 radical (unpaired) electrons. The highest BCUT2D eigenvalue weighted by molar-refractivity contribution is 5.92. The molecule has 0 N–H and O–H groups in total. The van der Waals surface area contributed by atoms with Gasteiger partial charge in [-0.2, -0.15) is 5.10 Å². The Balaban J connectivity index is 1.63. The molecule has 1 atom stereocenters.